The molecule has 0 spiro atoms. The van der Waals surface area contributed by atoms with Crippen molar-refractivity contribution in [3.05, 3.63) is 130 Å². The Bertz CT molecular complexity index is 1650. The molecule has 0 aliphatic carbocycles. The number of para-hydroxylation sites is 1. The SMILES string of the molecule is COc1cc(CC(=O)N(C)Cc2cccc(/C=C(\C)C(=O)OCc3ccccc3)c2)ccc1NC(=O)Nc1ccccc1C. The van der Waals surface area contributed by atoms with Crippen LogP contribution in [0.5, 0.6) is 5.75 Å². The minimum Gasteiger partial charge on any atom is -0.495 e. The third-order valence-electron chi connectivity index (χ3n) is 6.98. The molecule has 0 fully saturated rings. The van der Waals surface area contributed by atoms with Gasteiger partial charge in [-0.15, -0.1) is 0 Å². The van der Waals surface area contributed by atoms with Crippen LogP contribution in [-0.2, 0) is 33.9 Å². The summed E-state index contributed by atoms with van der Waals surface area (Å²) in [5.74, 6) is -0.00293. The van der Waals surface area contributed by atoms with E-state index < -0.39 is 6.03 Å². The second kappa shape index (κ2) is 15.2. The molecule has 0 aliphatic heterocycles. The Labute approximate surface area is 258 Å². The van der Waals surface area contributed by atoms with Crippen LogP contribution in [0.15, 0.2) is 103 Å². The highest BCUT2D eigenvalue weighted by Crippen LogP contribution is 2.27. The molecule has 3 amide bonds. The lowest BCUT2D eigenvalue weighted by atomic mass is 10.1. The van der Waals surface area contributed by atoms with Crippen LogP contribution in [-0.4, -0.2) is 37.0 Å². The standard InChI is InChI=1S/C36H37N3O5/c1-25-11-8-9-16-31(25)37-36(42)38-32-18-17-29(21-33(32)43-4)22-34(40)39(3)23-30-15-10-14-28(20-30)19-26(2)35(41)44-24-27-12-6-5-7-13-27/h5-21H,22-24H2,1-4H3,(H2,37,38,42)/b26-19+. The fourth-order valence-electron chi connectivity index (χ4n) is 4.54. The molecule has 0 saturated heterocycles. The third kappa shape index (κ3) is 9.06. The van der Waals surface area contributed by atoms with Gasteiger partial charge in [-0.3, -0.25) is 4.79 Å². The normalized spacial score (nSPS) is 11.0. The maximum Gasteiger partial charge on any atom is 0.334 e. The molecule has 0 radical (unpaired) electrons. The predicted octanol–water partition coefficient (Wildman–Crippen LogP) is 7.00. The van der Waals surface area contributed by atoms with Crippen molar-refractivity contribution < 1.29 is 23.9 Å². The van der Waals surface area contributed by atoms with Crippen LogP contribution < -0.4 is 15.4 Å². The highest BCUT2D eigenvalue weighted by molar-refractivity contribution is 6.01. The van der Waals surface area contributed by atoms with Crippen LogP contribution in [0.1, 0.15) is 34.7 Å². The van der Waals surface area contributed by atoms with E-state index in [2.05, 4.69) is 10.6 Å². The summed E-state index contributed by atoms with van der Waals surface area (Å²) in [6.45, 7) is 4.25. The molecule has 8 heteroatoms. The quantitative estimate of drug-likeness (QED) is 0.145. The van der Waals surface area contributed by atoms with E-state index in [1.807, 2.05) is 85.8 Å². The maximum absolute atomic E-state index is 13.1. The number of hydrogen-bond donors (Lipinski definition) is 2. The van der Waals surface area contributed by atoms with Gasteiger partial charge in [-0.1, -0.05) is 72.8 Å². The van der Waals surface area contributed by atoms with Crippen molar-refractivity contribution in [2.24, 2.45) is 0 Å². The molecule has 0 unspecified atom stereocenters. The largest absolute Gasteiger partial charge is 0.495 e. The van der Waals surface area contributed by atoms with E-state index >= 15 is 0 Å². The molecule has 0 aromatic heterocycles. The Morgan fingerprint density at radius 1 is 0.795 bits per heavy atom. The highest BCUT2D eigenvalue weighted by Gasteiger charge is 2.15. The van der Waals surface area contributed by atoms with E-state index in [0.29, 0.717) is 29.2 Å². The van der Waals surface area contributed by atoms with Gasteiger partial charge in [0.2, 0.25) is 5.91 Å². The van der Waals surface area contributed by atoms with E-state index in [4.69, 9.17) is 9.47 Å². The maximum atomic E-state index is 13.1. The van der Waals surface area contributed by atoms with Crippen molar-refractivity contribution in [2.45, 2.75) is 33.4 Å². The lowest BCUT2D eigenvalue weighted by Crippen LogP contribution is -2.27. The molecular weight excluding hydrogens is 554 g/mol. The van der Waals surface area contributed by atoms with Gasteiger partial charge in [-0.05, 0) is 72.0 Å². The number of benzene rings is 4. The fraction of sp³-hybridized carbons (Fsp3) is 0.194. The number of aryl methyl sites for hydroxylation is 1. The van der Waals surface area contributed by atoms with E-state index in [-0.39, 0.29) is 24.9 Å². The first-order valence-corrected chi connectivity index (χ1v) is 14.2. The summed E-state index contributed by atoms with van der Waals surface area (Å²) in [6, 6.07) is 29.6. The number of nitrogens with one attached hydrogen (secondary N) is 2. The van der Waals surface area contributed by atoms with Crippen molar-refractivity contribution in [1.29, 1.82) is 0 Å². The molecule has 4 rings (SSSR count). The number of amides is 3. The van der Waals surface area contributed by atoms with E-state index in [0.717, 1.165) is 27.8 Å². The molecular formula is C36H37N3O5. The van der Waals surface area contributed by atoms with Crippen LogP contribution in [0.2, 0.25) is 0 Å². The second-order valence-electron chi connectivity index (χ2n) is 10.5. The molecule has 0 bridgehead atoms. The zero-order valence-corrected chi connectivity index (χ0v) is 25.4. The van der Waals surface area contributed by atoms with Crippen molar-refractivity contribution in [3.63, 3.8) is 0 Å². The second-order valence-corrected chi connectivity index (χ2v) is 10.5. The highest BCUT2D eigenvalue weighted by atomic mass is 16.5. The fourth-order valence-corrected chi connectivity index (χ4v) is 4.54. The van der Waals surface area contributed by atoms with Crippen LogP contribution in [0, 0.1) is 6.92 Å². The van der Waals surface area contributed by atoms with Crippen LogP contribution in [0.4, 0.5) is 16.2 Å². The molecule has 4 aromatic carbocycles. The summed E-state index contributed by atoms with van der Waals surface area (Å²) < 4.78 is 10.9. The first kappa shape index (κ1) is 31.6. The summed E-state index contributed by atoms with van der Waals surface area (Å²) in [5, 5.41) is 5.64. The lowest BCUT2D eigenvalue weighted by Gasteiger charge is -2.18. The van der Waals surface area contributed by atoms with Gasteiger partial charge in [0, 0.05) is 24.9 Å². The summed E-state index contributed by atoms with van der Waals surface area (Å²) in [5.41, 5.74) is 6.10. The number of nitrogens with zero attached hydrogens (tertiary/aromatic N) is 1. The lowest BCUT2D eigenvalue weighted by molar-refractivity contribution is -0.140. The summed E-state index contributed by atoms with van der Waals surface area (Å²) >= 11 is 0. The van der Waals surface area contributed by atoms with Gasteiger partial charge in [0.15, 0.2) is 0 Å². The first-order chi connectivity index (χ1) is 21.2. The monoisotopic (exact) mass is 591 g/mol. The zero-order chi connectivity index (χ0) is 31.5. The Morgan fingerprint density at radius 3 is 2.25 bits per heavy atom. The molecule has 0 aliphatic rings. The van der Waals surface area contributed by atoms with Gasteiger partial charge < -0.3 is 25.0 Å². The van der Waals surface area contributed by atoms with Gasteiger partial charge in [0.05, 0.1) is 19.2 Å². The number of rotatable bonds is 11. The molecule has 4 aromatic rings. The zero-order valence-electron chi connectivity index (χ0n) is 25.4. The summed E-state index contributed by atoms with van der Waals surface area (Å²) in [7, 11) is 3.27. The van der Waals surface area contributed by atoms with E-state index in [1.54, 1.807) is 43.1 Å². The number of anilines is 2. The Kier molecular flexibility index (Phi) is 10.9. The number of urea groups is 1. The van der Waals surface area contributed by atoms with Gasteiger partial charge >= 0.3 is 12.0 Å². The number of likely N-dealkylation sites (N-methyl/N-ethyl adjacent to an activating group) is 1. The number of carbonyl (C=O) groups excluding carboxylic acids is 3. The number of methoxy groups -OCH3 is 1. The van der Waals surface area contributed by atoms with Crippen molar-refractivity contribution in [1.82, 2.24) is 4.90 Å². The van der Waals surface area contributed by atoms with E-state index in [9.17, 15) is 14.4 Å². The first-order valence-electron chi connectivity index (χ1n) is 14.2. The van der Waals surface area contributed by atoms with Crippen LogP contribution >= 0.6 is 0 Å². The Balaban J connectivity index is 1.33. The van der Waals surface area contributed by atoms with Crippen LogP contribution in [0.25, 0.3) is 6.08 Å². The number of hydrogen-bond acceptors (Lipinski definition) is 5. The molecule has 0 heterocycles. The minimum atomic E-state index is -0.391. The van der Waals surface area contributed by atoms with Gasteiger partial charge in [0.1, 0.15) is 12.4 Å². The van der Waals surface area contributed by atoms with Crippen molar-refractivity contribution >= 4 is 35.4 Å². The molecule has 2 N–H and O–H groups in total. The van der Waals surface area contributed by atoms with Gasteiger partial charge in [0.25, 0.3) is 0 Å². The number of carbonyl (C=O) groups is 3. The Hall–Kier alpha value is -5.37. The smallest absolute Gasteiger partial charge is 0.334 e. The third-order valence-corrected chi connectivity index (χ3v) is 6.98. The van der Waals surface area contributed by atoms with Gasteiger partial charge in [-0.2, -0.15) is 0 Å². The summed E-state index contributed by atoms with van der Waals surface area (Å²) in [6.07, 6.45) is 1.94. The number of ether oxygens (including phenoxy) is 2. The molecule has 44 heavy (non-hydrogen) atoms. The van der Waals surface area contributed by atoms with Crippen molar-refractivity contribution in [3.8, 4) is 5.75 Å². The summed E-state index contributed by atoms with van der Waals surface area (Å²) in [4.78, 5) is 39.8. The molecule has 0 atom stereocenters. The minimum absolute atomic E-state index is 0.0772. The topological polar surface area (TPSA) is 97.0 Å². The van der Waals surface area contributed by atoms with Gasteiger partial charge in [-0.25, -0.2) is 9.59 Å². The molecule has 0 saturated carbocycles. The van der Waals surface area contributed by atoms with Crippen LogP contribution in [0.3, 0.4) is 0 Å². The molecule has 8 nitrogen and oxygen atoms in total. The van der Waals surface area contributed by atoms with E-state index in [1.165, 1.54) is 7.11 Å². The average molecular weight is 592 g/mol. The predicted molar refractivity (Wildman–Crippen MR) is 173 cm³/mol. The Morgan fingerprint density at radius 2 is 1.50 bits per heavy atom. The van der Waals surface area contributed by atoms with Crippen molar-refractivity contribution in [2.75, 3.05) is 24.8 Å². The molecule has 226 valence electrons. The number of esters is 1. The average Bonchev–Trinajstić information content (AvgIpc) is 3.02.